The van der Waals surface area contributed by atoms with Crippen LogP contribution in [0.15, 0.2) is 0 Å². The van der Waals surface area contributed by atoms with E-state index in [1.165, 1.54) is 0 Å². The van der Waals surface area contributed by atoms with Crippen molar-refractivity contribution in [3.05, 3.63) is 0 Å². The largest absolute Gasteiger partial charge is 0.370 e. The molecule has 0 saturated carbocycles. The average molecular weight is 230 g/mol. The van der Waals surface area contributed by atoms with Crippen LogP contribution in [0.25, 0.3) is 0 Å². The van der Waals surface area contributed by atoms with Crippen LogP contribution in [0, 0.1) is 5.41 Å². The lowest BCUT2D eigenvalue weighted by atomic mass is 9.82. The molecule has 4 nitrogen and oxygen atoms in total. The van der Waals surface area contributed by atoms with Crippen molar-refractivity contribution in [3.63, 3.8) is 0 Å². The summed E-state index contributed by atoms with van der Waals surface area (Å²) >= 11 is 0. The van der Waals surface area contributed by atoms with Crippen molar-refractivity contribution in [2.24, 2.45) is 11.1 Å². The first-order chi connectivity index (χ1) is 7.16. The van der Waals surface area contributed by atoms with Gasteiger partial charge in [0, 0.05) is 12.1 Å². The summed E-state index contributed by atoms with van der Waals surface area (Å²) in [5.74, 6) is -0.0808. The molecule has 0 heterocycles. The fourth-order valence-corrected chi connectivity index (χ4v) is 2.03. The van der Waals surface area contributed by atoms with E-state index in [4.69, 9.17) is 10.5 Å². The van der Waals surface area contributed by atoms with Crippen LogP contribution in [0.3, 0.4) is 0 Å². The normalized spacial score (nSPS) is 12.6. The molecule has 0 aliphatic heterocycles. The van der Waals surface area contributed by atoms with Crippen molar-refractivity contribution >= 4 is 5.91 Å². The molecule has 0 rings (SSSR count). The number of nitrogens with two attached hydrogens (primary N) is 1. The van der Waals surface area contributed by atoms with Crippen LogP contribution in [0.1, 0.15) is 41.0 Å². The predicted octanol–water partition coefficient (Wildman–Crippen LogP) is 1.29. The minimum Gasteiger partial charge on any atom is -0.370 e. The third kappa shape index (κ3) is 8.68. The molecule has 0 spiro atoms. The third-order valence-electron chi connectivity index (χ3n) is 1.95. The van der Waals surface area contributed by atoms with Crippen molar-refractivity contribution in [2.75, 3.05) is 19.8 Å². The van der Waals surface area contributed by atoms with Gasteiger partial charge in [-0.1, -0.05) is 20.8 Å². The predicted molar refractivity (Wildman–Crippen MR) is 66.2 cm³/mol. The SMILES string of the molecule is CC(C)(C)CC(C)(C)NC(=O)COCCN. The number of nitrogens with one attached hydrogen (secondary N) is 1. The number of hydrogen-bond acceptors (Lipinski definition) is 3. The van der Waals surface area contributed by atoms with E-state index in [0.717, 1.165) is 6.42 Å². The lowest BCUT2D eigenvalue weighted by Crippen LogP contribution is -2.47. The van der Waals surface area contributed by atoms with Crippen LogP contribution >= 0.6 is 0 Å². The quantitative estimate of drug-likeness (QED) is 0.676. The Kier molecular flexibility index (Phi) is 5.97. The minimum absolute atomic E-state index is 0.0808. The highest BCUT2D eigenvalue weighted by molar-refractivity contribution is 5.77. The maximum absolute atomic E-state index is 11.5. The van der Waals surface area contributed by atoms with Crippen molar-refractivity contribution in [3.8, 4) is 0 Å². The van der Waals surface area contributed by atoms with Crippen molar-refractivity contribution in [2.45, 2.75) is 46.6 Å². The van der Waals surface area contributed by atoms with Gasteiger partial charge in [0.15, 0.2) is 0 Å². The maximum atomic E-state index is 11.5. The molecule has 0 aromatic rings. The van der Waals surface area contributed by atoms with E-state index in [9.17, 15) is 4.79 Å². The van der Waals surface area contributed by atoms with Gasteiger partial charge in [-0.15, -0.1) is 0 Å². The highest BCUT2D eigenvalue weighted by Gasteiger charge is 2.26. The standard InChI is InChI=1S/C12H26N2O2/c1-11(2,3)9-12(4,5)14-10(15)8-16-7-6-13/h6-9,13H2,1-5H3,(H,14,15). The van der Waals surface area contributed by atoms with Crippen molar-refractivity contribution < 1.29 is 9.53 Å². The Labute approximate surface area is 98.9 Å². The molecule has 0 aromatic heterocycles. The molecule has 1 amide bonds. The number of amides is 1. The average Bonchev–Trinajstić information content (AvgIpc) is 1.98. The second-order valence-electron chi connectivity index (χ2n) is 6.01. The number of ether oxygens (including phenoxy) is 1. The molecular weight excluding hydrogens is 204 g/mol. The van der Waals surface area contributed by atoms with E-state index in [0.29, 0.717) is 13.2 Å². The highest BCUT2D eigenvalue weighted by atomic mass is 16.5. The van der Waals surface area contributed by atoms with Crippen LogP contribution in [-0.2, 0) is 9.53 Å². The summed E-state index contributed by atoms with van der Waals surface area (Å²) in [4.78, 5) is 11.5. The van der Waals surface area contributed by atoms with E-state index >= 15 is 0 Å². The van der Waals surface area contributed by atoms with Crippen molar-refractivity contribution in [1.29, 1.82) is 0 Å². The van der Waals surface area contributed by atoms with Crippen LogP contribution in [0.5, 0.6) is 0 Å². The molecule has 3 N–H and O–H groups in total. The molecule has 96 valence electrons. The Morgan fingerprint density at radius 1 is 1.25 bits per heavy atom. The molecule has 0 aromatic carbocycles. The lowest BCUT2D eigenvalue weighted by Gasteiger charge is -2.33. The first-order valence-electron chi connectivity index (χ1n) is 5.75. The summed E-state index contributed by atoms with van der Waals surface area (Å²) in [5, 5.41) is 2.97. The maximum Gasteiger partial charge on any atom is 0.246 e. The van der Waals surface area contributed by atoms with E-state index in [-0.39, 0.29) is 23.5 Å². The Bertz CT molecular complexity index is 220. The number of hydrogen-bond donors (Lipinski definition) is 2. The summed E-state index contributed by atoms with van der Waals surface area (Å²) in [6.45, 7) is 11.5. The number of carbonyl (C=O) groups excluding carboxylic acids is 1. The van der Waals surface area contributed by atoms with Crippen LogP contribution in [0.2, 0.25) is 0 Å². The molecule has 0 aliphatic rings. The van der Waals surface area contributed by atoms with Gasteiger partial charge in [0.2, 0.25) is 5.91 Å². The van der Waals surface area contributed by atoms with Gasteiger partial charge in [0.05, 0.1) is 6.61 Å². The van der Waals surface area contributed by atoms with Crippen LogP contribution in [0.4, 0.5) is 0 Å². The molecule has 0 radical (unpaired) electrons. The second kappa shape index (κ2) is 6.21. The molecule has 0 fully saturated rings. The summed E-state index contributed by atoms with van der Waals surface area (Å²) < 4.78 is 5.08. The zero-order valence-corrected chi connectivity index (χ0v) is 11.2. The summed E-state index contributed by atoms with van der Waals surface area (Å²) in [5.41, 5.74) is 5.25. The fourth-order valence-electron chi connectivity index (χ4n) is 2.03. The third-order valence-corrected chi connectivity index (χ3v) is 1.95. The van der Waals surface area contributed by atoms with Gasteiger partial charge in [-0.05, 0) is 25.7 Å². The zero-order chi connectivity index (χ0) is 12.8. The Morgan fingerprint density at radius 3 is 2.25 bits per heavy atom. The Balaban J connectivity index is 4.00. The van der Waals surface area contributed by atoms with Crippen molar-refractivity contribution in [1.82, 2.24) is 5.32 Å². The second-order valence-corrected chi connectivity index (χ2v) is 6.01. The molecule has 0 bridgehead atoms. The number of carbonyl (C=O) groups is 1. The molecule has 0 atom stereocenters. The van der Waals surface area contributed by atoms with Crippen LogP contribution < -0.4 is 11.1 Å². The van der Waals surface area contributed by atoms with Gasteiger partial charge in [0.1, 0.15) is 6.61 Å². The molecule has 16 heavy (non-hydrogen) atoms. The monoisotopic (exact) mass is 230 g/mol. The van der Waals surface area contributed by atoms with Crippen LogP contribution in [-0.4, -0.2) is 31.2 Å². The van der Waals surface area contributed by atoms with Gasteiger partial charge in [-0.2, -0.15) is 0 Å². The van der Waals surface area contributed by atoms with E-state index in [1.807, 2.05) is 13.8 Å². The summed E-state index contributed by atoms with van der Waals surface area (Å²) in [6, 6.07) is 0. The summed E-state index contributed by atoms with van der Waals surface area (Å²) in [7, 11) is 0. The van der Waals surface area contributed by atoms with E-state index in [1.54, 1.807) is 0 Å². The molecular formula is C12H26N2O2. The minimum atomic E-state index is -0.207. The van der Waals surface area contributed by atoms with E-state index in [2.05, 4.69) is 26.1 Å². The molecule has 0 aliphatic carbocycles. The first kappa shape index (κ1) is 15.4. The van der Waals surface area contributed by atoms with Gasteiger partial charge in [-0.3, -0.25) is 4.79 Å². The van der Waals surface area contributed by atoms with Gasteiger partial charge < -0.3 is 15.8 Å². The fraction of sp³-hybridized carbons (Fsp3) is 0.917. The van der Waals surface area contributed by atoms with Gasteiger partial charge in [-0.25, -0.2) is 0 Å². The first-order valence-corrected chi connectivity index (χ1v) is 5.75. The van der Waals surface area contributed by atoms with Gasteiger partial charge in [0.25, 0.3) is 0 Å². The Morgan fingerprint density at radius 2 is 1.81 bits per heavy atom. The molecule has 4 heteroatoms. The lowest BCUT2D eigenvalue weighted by molar-refractivity contribution is -0.127. The smallest absolute Gasteiger partial charge is 0.246 e. The van der Waals surface area contributed by atoms with E-state index < -0.39 is 0 Å². The zero-order valence-electron chi connectivity index (χ0n) is 11.2. The topological polar surface area (TPSA) is 64.3 Å². The molecule has 0 unspecified atom stereocenters. The molecule has 0 saturated heterocycles. The number of rotatable bonds is 6. The Hall–Kier alpha value is -0.610. The summed E-state index contributed by atoms with van der Waals surface area (Å²) in [6.07, 6.45) is 0.919. The van der Waals surface area contributed by atoms with Gasteiger partial charge >= 0.3 is 0 Å². The highest BCUT2D eigenvalue weighted by Crippen LogP contribution is 2.26.